The SMILES string of the molecule is Cc1ccc(C(=O)C[S+]([O-])c2nc(-c3ccccc3)cs2)cc1O. The summed E-state index contributed by atoms with van der Waals surface area (Å²) in [5.41, 5.74) is 2.75. The summed E-state index contributed by atoms with van der Waals surface area (Å²) in [5, 5.41) is 11.5. The molecule has 1 heterocycles. The summed E-state index contributed by atoms with van der Waals surface area (Å²) in [6.07, 6.45) is 0. The first-order chi connectivity index (χ1) is 11.5. The Hall–Kier alpha value is -2.15. The lowest BCUT2D eigenvalue weighted by Crippen LogP contribution is -2.16. The molecule has 122 valence electrons. The van der Waals surface area contributed by atoms with Crippen LogP contribution in [0.2, 0.25) is 0 Å². The highest BCUT2D eigenvalue weighted by molar-refractivity contribution is 7.94. The van der Waals surface area contributed by atoms with Gasteiger partial charge >= 0.3 is 4.34 Å². The van der Waals surface area contributed by atoms with Gasteiger partial charge in [0, 0.05) is 27.7 Å². The van der Waals surface area contributed by atoms with Crippen LogP contribution in [0.25, 0.3) is 11.3 Å². The van der Waals surface area contributed by atoms with Gasteiger partial charge in [-0.2, -0.15) is 4.98 Å². The average molecular weight is 357 g/mol. The van der Waals surface area contributed by atoms with Crippen LogP contribution in [0.1, 0.15) is 15.9 Å². The molecule has 3 aromatic rings. The van der Waals surface area contributed by atoms with Crippen molar-refractivity contribution in [2.24, 2.45) is 0 Å². The lowest BCUT2D eigenvalue weighted by Gasteiger charge is -2.07. The summed E-state index contributed by atoms with van der Waals surface area (Å²) >= 11 is -0.220. The second kappa shape index (κ2) is 7.17. The Morgan fingerprint density at radius 3 is 2.71 bits per heavy atom. The molecular weight excluding hydrogens is 342 g/mol. The molecule has 3 rings (SSSR count). The number of carbonyl (C=O) groups excluding carboxylic acids is 1. The number of ketones is 1. The molecule has 0 aliphatic carbocycles. The van der Waals surface area contributed by atoms with E-state index in [9.17, 15) is 14.5 Å². The second-order valence-corrected chi connectivity index (χ2v) is 7.76. The van der Waals surface area contributed by atoms with Crippen molar-refractivity contribution in [3.8, 4) is 17.0 Å². The number of aromatic nitrogens is 1. The fourth-order valence-electron chi connectivity index (χ4n) is 2.15. The number of nitrogens with zero attached hydrogens (tertiary/aromatic N) is 1. The zero-order chi connectivity index (χ0) is 17.1. The van der Waals surface area contributed by atoms with Crippen molar-refractivity contribution in [2.75, 3.05) is 5.75 Å². The Labute approximate surface area is 147 Å². The molecule has 4 nitrogen and oxygen atoms in total. The quantitative estimate of drug-likeness (QED) is 0.556. The maximum absolute atomic E-state index is 12.4. The third-order valence-corrected chi connectivity index (χ3v) is 6.03. The lowest BCUT2D eigenvalue weighted by atomic mass is 10.1. The molecule has 1 aromatic heterocycles. The normalized spacial score (nSPS) is 12.1. The van der Waals surface area contributed by atoms with Crippen molar-refractivity contribution in [3.05, 3.63) is 65.0 Å². The number of rotatable bonds is 5. The zero-order valence-corrected chi connectivity index (χ0v) is 14.6. The molecular formula is C18H15NO3S2. The predicted octanol–water partition coefficient (Wildman–Crippen LogP) is 3.81. The largest absolute Gasteiger partial charge is 0.609 e. The number of Topliss-reactive ketones (excluding diaryl/α,β-unsaturated/α-hetero) is 1. The Balaban J connectivity index is 1.73. The minimum atomic E-state index is -1.50. The smallest absolute Gasteiger partial charge is 0.302 e. The summed E-state index contributed by atoms with van der Waals surface area (Å²) in [4.78, 5) is 16.6. The number of phenolic OH excluding ortho intramolecular Hbond substituents is 1. The van der Waals surface area contributed by atoms with Crippen LogP contribution in [0.5, 0.6) is 5.75 Å². The van der Waals surface area contributed by atoms with E-state index in [-0.39, 0.29) is 17.3 Å². The molecule has 0 saturated heterocycles. The molecule has 0 radical (unpaired) electrons. The highest BCUT2D eigenvalue weighted by Crippen LogP contribution is 2.26. The van der Waals surface area contributed by atoms with E-state index in [1.165, 1.54) is 17.4 Å². The van der Waals surface area contributed by atoms with Crippen LogP contribution in [0.4, 0.5) is 0 Å². The van der Waals surface area contributed by atoms with Crippen molar-refractivity contribution >= 4 is 28.3 Å². The topological polar surface area (TPSA) is 73.2 Å². The number of aromatic hydroxyl groups is 1. The average Bonchev–Trinajstić information content (AvgIpc) is 3.08. The van der Waals surface area contributed by atoms with E-state index in [1.54, 1.807) is 19.1 Å². The third-order valence-electron chi connectivity index (χ3n) is 3.54. The van der Waals surface area contributed by atoms with Crippen LogP contribution in [0.3, 0.4) is 0 Å². The maximum Gasteiger partial charge on any atom is 0.302 e. The van der Waals surface area contributed by atoms with Gasteiger partial charge in [-0.25, -0.2) is 0 Å². The summed E-state index contributed by atoms with van der Waals surface area (Å²) in [6.45, 7) is 1.75. The first-order valence-electron chi connectivity index (χ1n) is 7.27. The van der Waals surface area contributed by atoms with E-state index in [2.05, 4.69) is 4.98 Å². The molecule has 1 N–H and O–H groups in total. The second-order valence-electron chi connectivity index (χ2n) is 5.28. The van der Waals surface area contributed by atoms with Gasteiger partial charge in [0.25, 0.3) is 0 Å². The van der Waals surface area contributed by atoms with Gasteiger partial charge in [0.2, 0.25) is 5.78 Å². The van der Waals surface area contributed by atoms with Gasteiger partial charge in [-0.05, 0) is 18.6 Å². The Kier molecular flexibility index (Phi) is 4.99. The van der Waals surface area contributed by atoms with Gasteiger partial charge in [-0.1, -0.05) is 53.8 Å². The molecule has 0 aliphatic rings. The maximum atomic E-state index is 12.4. The number of carbonyl (C=O) groups is 1. The molecule has 0 amide bonds. The molecule has 0 bridgehead atoms. The van der Waals surface area contributed by atoms with E-state index in [1.807, 2.05) is 35.7 Å². The van der Waals surface area contributed by atoms with Crippen molar-refractivity contribution in [2.45, 2.75) is 11.3 Å². The lowest BCUT2D eigenvalue weighted by molar-refractivity contribution is 0.102. The van der Waals surface area contributed by atoms with E-state index in [4.69, 9.17) is 0 Å². The Bertz CT molecular complexity index is 862. The fourth-order valence-corrected chi connectivity index (χ4v) is 4.18. The Morgan fingerprint density at radius 2 is 2.00 bits per heavy atom. The first-order valence-corrected chi connectivity index (χ1v) is 9.46. The molecule has 0 fully saturated rings. The van der Waals surface area contributed by atoms with Gasteiger partial charge < -0.3 is 9.66 Å². The van der Waals surface area contributed by atoms with Gasteiger partial charge in [0.05, 0.1) is 5.69 Å². The molecule has 24 heavy (non-hydrogen) atoms. The molecule has 0 saturated carbocycles. The van der Waals surface area contributed by atoms with Crippen LogP contribution in [-0.4, -0.2) is 26.2 Å². The van der Waals surface area contributed by atoms with Crippen LogP contribution in [-0.2, 0) is 11.2 Å². The molecule has 0 spiro atoms. The standard InChI is InChI=1S/C18H15NO3S2/c1-12-7-8-14(9-16(12)20)17(21)11-24(22)18-19-15(10-23-18)13-5-3-2-4-6-13/h2-10,20H,11H2,1H3. The van der Waals surface area contributed by atoms with Gasteiger partial charge in [-0.15, -0.1) is 0 Å². The molecule has 0 aliphatic heterocycles. The van der Waals surface area contributed by atoms with Crippen molar-refractivity contribution in [1.82, 2.24) is 4.98 Å². The van der Waals surface area contributed by atoms with E-state index in [0.717, 1.165) is 11.3 Å². The summed E-state index contributed by atoms with van der Waals surface area (Å²) in [5.74, 6) is -0.364. The summed E-state index contributed by atoms with van der Waals surface area (Å²) in [6, 6.07) is 14.3. The highest BCUT2D eigenvalue weighted by Gasteiger charge is 2.22. The fraction of sp³-hybridized carbons (Fsp3) is 0.111. The Morgan fingerprint density at radius 1 is 1.25 bits per heavy atom. The zero-order valence-electron chi connectivity index (χ0n) is 12.9. The van der Waals surface area contributed by atoms with E-state index in [0.29, 0.717) is 15.5 Å². The predicted molar refractivity (Wildman–Crippen MR) is 96.0 cm³/mol. The van der Waals surface area contributed by atoms with Crippen LogP contribution < -0.4 is 0 Å². The first kappa shape index (κ1) is 16.7. The third kappa shape index (κ3) is 3.67. The summed E-state index contributed by atoms with van der Waals surface area (Å²) in [7, 11) is 0. The van der Waals surface area contributed by atoms with Crippen LogP contribution >= 0.6 is 11.3 Å². The number of thiazole rings is 1. The number of benzene rings is 2. The van der Waals surface area contributed by atoms with Crippen molar-refractivity contribution < 1.29 is 14.5 Å². The number of hydrogen-bond acceptors (Lipinski definition) is 5. The molecule has 1 unspecified atom stereocenters. The molecule has 6 heteroatoms. The summed E-state index contributed by atoms with van der Waals surface area (Å²) < 4.78 is 12.8. The van der Waals surface area contributed by atoms with Gasteiger partial charge in [-0.3, -0.25) is 4.79 Å². The van der Waals surface area contributed by atoms with Gasteiger partial charge in [0.1, 0.15) is 5.75 Å². The molecule has 1 atom stereocenters. The van der Waals surface area contributed by atoms with E-state index < -0.39 is 11.2 Å². The van der Waals surface area contributed by atoms with E-state index >= 15 is 0 Å². The minimum absolute atomic E-state index is 0.0623. The van der Waals surface area contributed by atoms with Gasteiger partial charge in [0.15, 0.2) is 5.75 Å². The number of phenols is 1. The van der Waals surface area contributed by atoms with Crippen LogP contribution in [0, 0.1) is 6.92 Å². The number of hydrogen-bond donors (Lipinski definition) is 1. The van der Waals surface area contributed by atoms with Crippen LogP contribution in [0.15, 0.2) is 58.3 Å². The van der Waals surface area contributed by atoms with Crippen molar-refractivity contribution in [3.63, 3.8) is 0 Å². The number of aryl methyl sites for hydroxylation is 1. The van der Waals surface area contributed by atoms with Crippen molar-refractivity contribution in [1.29, 1.82) is 0 Å². The molecule has 2 aromatic carbocycles. The monoisotopic (exact) mass is 357 g/mol. The highest BCUT2D eigenvalue weighted by atomic mass is 32.2. The minimum Gasteiger partial charge on any atom is -0.609 e.